The number of hydrogen-bond acceptors (Lipinski definition) is 5. The maximum absolute atomic E-state index is 11.4. The summed E-state index contributed by atoms with van der Waals surface area (Å²) in [5.74, 6) is 3.40. The van der Waals surface area contributed by atoms with Gasteiger partial charge in [0.05, 0.1) is 5.60 Å². The van der Waals surface area contributed by atoms with E-state index in [9.17, 15) is 9.90 Å². The summed E-state index contributed by atoms with van der Waals surface area (Å²) in [6.45, 7) is 1.71. The molecule has 3 fully saturated rings. The predicted molar refractivity (Wildman–Crippen MR) is 79.1 cm³/mol. The van der Waals surface area contributed by atoms with Crippen molar-refractivity contribution in [2.75, 3.05) is 36.2 Å². The maximum atomic E-state index is 11.4. The van der Waals surface area contributed by atoms with E-state index in [-0.39, 0.29) is 11.6 Å². The smallest absolute Gasteiger partial charge is 0.321 e. The lowest BCUT2D eigenvalue weighted by Gasteiger charge is -2.45. The molecule has 3 unspecified atom stereocenters. The minimum absolute atomic E-state index is 0.0429. The fraction of sp³-hybridized carbons (Fsp3) is 0.923. The lowest BCUT2D eigenvalue weighted by Crippen LogP contribution is -2.56. The molecule has 0 aromatic heterocycles. The molecule has 0 aliphatic carbocycles. The van der Waals surface area contributed by atoms with Gasteiger partial charge in [-0.25, -0.2) is 0 Å². The quantitative estimate of drug-likeness (QED) is 0.835. The van der Waals surface area contributed by atoms with Gasteiger partial charge in [-0.3, -0.25) is 9.69 Å². The van der Waals surface area contributed by atoms with Gasteiger partial charge in [0.25, 0.3) is 0 Å². The molecule has 0 amide bonds. The standard InChI is InChI=1S/C13H21NO3S2/c15-12(16)11-8-18-6-3-14(11)10-1-4-17-13(7-10)2-5-19-9-13/h10-11H,1-9H2,(H,15,16). The largest absolute Gasteiger partial charge is 0.480 e. The zero-order valence-corrected chi connectivity index (χ0v) is 12.7. The second kappa shape index (κ2) is 5.84. The molecule has 1 N–H and O–H groups in total. The zero-order chi connectivity index (χ0) is 13.3. The summed E-state index contributed by atoms with van der Waals surface area (Å²) in [6.07, 6.45) is 3.14. The minimum atomic E-state index is -0.659. The van der Waals surface area contributed by atoms with Crippen LogP contribution in [0.2, 0.25) is 0 Å². The van der Waals surface area contributed by atoms with E-state index in [0.29, 0.717) is 6.04 Å². The van der Waals surface area contributed by atoms with Gasteiger partial charge < -0.3 is 9.84 Å². The fourth-order valence-corrected chi connectivity index (χ4v) is 5.86. The average Bonchev–Trinajstić information content (AvgIpc) is 2.86. The summed E-state index contributed by atoms with van der Waals surface area (Å²) >= 11 is 3.74. The summed E-state index contributed by atoms with van der Waals surface area (Å²) in [5.41, 5.74) is 0.0429. The van der Waals surface area contributed by atoms with Gasteiger partial charge in [-0.15, -0.1) is 0 Å². The Bertz CT molecular complexity index is 347. The van der Waals surface area contributed by atoms with Gasteiger partial charge in [0.1, 0.15) is 6.04 Å². The number of thioether (sulfide) groups is 2. The van der Waals surface area contributed by atoms with E-state index in [0.717, 1.165) is 49.7 Å². The summed E-state index contributed by atoms with van der Waals surface area (Å²) < 4.78 is 6.04. The van der Waals surface area contributed by atoms with Crippen LogP contribution in [-0.2, 0) is 9.53 Å². The Morgan fingerprint density at radius 2 is 2.26 bits per heavy atom. The Morgan fingerprint density at radius 1 is 1.37 bits per heavy atom. The monoisotopic (exact) mass is 303 g/mol. The van der Waals surface area contributed by atoms with Crippen LogP contribution in [-0.4, -0.2) is 69.8 Å². The number of aliphatic carboxylic acids is 1. The summed E-state index contributed by atoms with van der Waals surface area (Å²) in [4.78, 5) is 13.7. The Balaban J connectivity index is 1.71. The van der Waals surface area contributed by atoms with Crippen LogP contribution in [0.3, 0.4) is 0 Å². The van der Waals surface area contributed by atoms with Crippen molar-refractivity contribution in [3.05, 3.63) is 0 Å². The van der Waals surface area contributed by atoms with Crippen LogP contribution in [0.15, 0.2) is 0 Å². The van der Waals surface area contributed by atoms with Crippen LogP contribution < -0.4 is 0 Å². The highest BCUT2D eigenvalue weighted by molar-refractivity contribution is 7.99. The van der Waals surface area contributed by atoms with Gasteiger partial charge in [-0.1, -0.05) is 0 Å². The number of ether oxygens (including phenoxy) is 1. The van der Waals surface area contributed by atoms with Gasteiger partial charge in [-0.05, 0) is 25.0 Å². The van der Waals surface area contributed by atoms with E-state index in [1.807, 2.05) is 11.8 Å². The van der Waals surface area contributed by atoms with Gasteiger partial charge in [-0.2, -0.15) is 23.5 Å². The Kier molecular flexibility index (Phi) is 4.31. The number of rotatable bonds is 2. The third-order valence-electron chi connectivity index (χ3n) is 4.46. The van der Waals surface area contributed by atoms with Gasteiger partial charge in [0.15, 0.2) is 0 Å². The first-order valence-electron chi connectivity index (χ1n) is 6.98. The molecule has 1 spiro atoms. The van der Waals surface area contributed by atoms with Gasteiger partial charge in [0.2, 0.25) is 0 Å². The molecule has 4 nitrogen and oxygen atoms in total. The molecule has 0 radical (unpaired) electrons. The number of carboxylic acids is 1. The summed E-state index contributed by atoms with van der Waals surface area (Å²) in [5, 5.41) is 9.41. The normalized spacial score (nSPS) is 40.6. The zero-order valence-electron chi connectivity index (χ0n) is 11.0. The molecule has 3 aliphatic rings. The van der Waals surface area contributed by atoms with Gasteiger partial charge >= 0.3 is 5.97 Å². The molecule has 3 heterocycles. The minimum Gasteiger partial charge on any atom is -0.480 e. The van der Waals surface area contributed by atoms with Gasteiger partial charge in [0, 0.05) is 36.5 Å². The molecule has 3 atom stereocenters. The highest BCUT2D eigenvalue weighted by Crippen LogP contribution is 2.40. The van der Waals surface area contributed by atoms with Crippen LogP contribution in [0.1, 0.15) is 19.3 Å². The van der Waals surface area contributed by atoms with Crippen LogP contribution in [0.4, 0.5) is 0 Å². The molecular weight excluding hydrogens is 282 g/mol. The van der Waals surface area contributed by atoms with Crippen molar-refractivity contribution in [2.45, 2.75) is 36.9 Å². The lowest BCUT2D eigenvalue weighted by molar-refractivity contribution is -0.147. The molecule has 0 aromatic carbocycles. The molecule has 3 saturated heterocycles. The van der Waals surface area contributed by atoms with Crippen LogP contribution >= 0.6 is 23.5 Å². The molecule has 19 heavy (non-hydrogen) atoms. The van der Waals surface area contributed by atoms with Crippen molar-refractivity contribution in [2.24, 2.45) is 0 Å². The second-order valence-electron chi connectivity index (χ2n) is 5.65. The molecule has 0 bridgehead atoms. The van der Waals surface area contributed by atoms with Crippen molar-refractivity contribution in [3.63, 3.8) is 0 Å². The van der Waals surface area contributed by atoms with Crippen molar-refractivity contribution in [1.29, 1.82) is 0 Å². The third-order valence-corrected chi connectivity index (χ3v) is 6.70. The molecule has 3 aliphatic heterocycles. The highest BCUT2D eigenvalue weighted by Gasteiger charge is 2.44. The first-order valence-corrected chi connectivity index (χ1v) is 9.29. The average molecular weight is 303 g/mol. The van der Waals surface area contributed by atoms with Crippen molar-refractivity contribution < 1.29 is 14.6 Å². The molecule has 108 valence electrons. The molecule has 0 aromatic rings. The summed E-state index contributed by atoms with van der Waals surface area (Å²) in [6, 6.07) is 0.0995. The topological polar surface area (TPSA) is 49.8 Å². The second-order valence-corrected chi connectivity index (χ2v) is 7.90. The van der Waals surface area contributed by atoms with E-state index in [1.165, 1.54) is 5.75 Å². The van der Waals surface area contributed by atoms with Crippen molar-refractivity contribution in [1.82, 2.24) is 4.90 Å². The summed E-state index contributed by atoms with van der Waals surface area (Å²) in [7, 11) is 0. The Hall–Kier alpha value is 0.0900. The van der Waals surface area contributed by atoms with E-state index in [1.54, 1.807) is 11.8 Å². The predicted octanol–water partition coefficient (Wildman–Crippen LogP) is 1.54. The molecule has 3 rings (SSSR count). The maximum Gasteiger partial charge on any atom is 0.321 e. The van der Waals surface area contributed by atoms with E-state index in [2.05, 4.69) is 4.90 Å². The van der Waals surface area contributed by atoms with E-state index < -0.39 is 5.97 Å². The SMILES string of the molecule is O=C(O)C1CSCCN1C1CCOC2(CCSC2)C1. The first kappa shape index (κ1) is 14.0. The van der Waals surface area contributed by atoms with E-state index >= 15 is 0 Å². The highest BCUT2D eigenvalue weighted by atomic mass is 32.2. The Morgan fingerprint density at radius 3 is 3.00 bits per heavy atom. The number of nitrogens with zero attached hydrogens (tertiary/aromatic N) is 1. The molecule has 6 heteroatoms. The fourth-order valence-electron chi connectivity index (χ4n) is 3.41. The third kappa shape index (κ3) is 2.91. The molecular formula is C13H21NO3S2. The molecule has 0 saturated carbocycles. The first-order chi connectivity index (χ1) is 9.20. The van der Waals surface area contributed by atoms with Crippen LogP contribution in [0, 0.1) is 0 Å². The van der Waals surface area contributed by atoms with Crippen LogP contribution in [0.5, 0.6) is 0 Å². The number of carbonyl (C=O) groups is 1. The van der Waals surface area contributed by atoms with E-state index in [4.69, 9.17) is 4.74 Å². The number of hydrogen-bond donors (Lipinski definition) is 1. The van der Waals surface area contributed by atoms with Crippen molar-refractivity contribution >= 4 is 29.5 Å². The number of carboxylic acid groups (broad SMARTS) is 1. The Labute approximate surface area is 122 Å². The van der Waals surface area contributed by atoms with Crippen molar-refractivity contribution in [3.8, 4) is 0 Å². The van der Waals surface area contributed by atoms with Crippen LogP contribution in [0.25, 0.3) is 0 Å². The lowest BCUT2D eigenvalue weighted by atomic mass is 9.88.